The van der Waals surface area contributed by atoms with Crippen LogP contribution in [0.15, 0.2) is 18.2 Å². The Balaban J connectivity index is 2.23. The van der Waals surface area contributed by atoms with Crippen molar-refractivity contribution in [1.82, 2.24) is 0 Å². The van der Waals surface area contributed by atoms with Crippen molar-refractivity contribution < 1.29 is 14.8 Å². The second-order valence-electron chi connectivity index (χ2n) is 4.71. The van der Waals surface area contributed by atoms with Crippen molar-refractivity contribution in [1.29, 1.82) is 0 Å². The first-order chi connectivity index (χ1) is 8.47. The second kappa shape index (κ2) is 4.64. The highest BCUT2D eigenvalue weighted by atomic mass is 16.6. The zero-order valence-electron chi connectivity index (χ0n) is 9.92. The number of carbonyl (C=O) groups is 1. The smallest absolute Gasteiger partial charge is 0.335 e. The maximum atomic E-state index is 10.9. The van der Waals surface area contributed by atoms with Crippen LogP contribution in [0.4, 0.5) is 11.4 Å². The molecule has 6 heteroatoms. The third kappa shape index (κ3) is 2.42. The molecule has 0 bridgehead atoms. The minimum Gasteiger partial charge on any atom is -0.478 e. The van der Waals surface area contributed by atoms with Crippen LogP contribution in [0.5, 0.6) is 0 Å². The Bertz CT molecular complexity index is 495. The lowest BCUT2D eigenvalue weighted by molar-refractivity contribution is -0.384. The van der Waals surface area contributed by atoms with E-state index in [0.717, 1.165) is 18.9 Å². The van der Waals surface area contributed by atoms with Gasteiger partial charge in [-0.15, -0.1) is 0 Å². The van der Waals surface area contributed by atoms with Crippen LogP contribution in [0.2, 0.25) is 0 Å². The lowest BCUT2D eigenvalue weighted by Gasteiger charge is -2.33. The number of benzene rings is 1. The van der Waals surface area contributed by atoms with Crippen LogP contribution >= 0.6 is 0 Å². The minimum atomic E-state index is -1.16. The fraction of sp³-hybridized carbons (Fsp3) is 0.417. The lowest BCUT2D eigenvalue weighted by Crippen LogP contribution is -2.33. The summed E-state index contributed by atoms with van der Waals surface area (Å²) in [5.41, 5.74) is 0.130. The molecule has 1 aromatic rings. The van der Waals surface area contributed by atoms with E-state index in [1.165, 1.54) is 12.1 Å². The van der Waals surface area contributed by atoms with E-state index in [2.05, 4.69) is 12.2 Å². The molecule has 0 saturated heterocycles. The Morgan fingerprint density at radius 3 is 2.67 bits per heavy atom. The molecule has 1 aromatic carbocycles. The van der Waals surface area contributed by atoms with Gasteiger partial charge in [0.2, 0.25) is 0 Å². The molecule has 2 N–H and O–H groups in total. The summed E-state index contributed by atoms with van der Waals surface area (Å²) in [5, 5.41) is 22.8. The fourth-order valence-electron chi connectivity index (χ4n) is 2.18. The second-order valence-corrected chi connectivity index (χ2v) is 4.71. The van der Waals surface area contributed by atoms with Crippen molar-refractivity contribution in [2.24, 2.45) is 5.92 Å². The van der Waals surface area contributed by atoms with Crippen LogP contribution in [-0.2, 0) is 0 Å². The number of nitro benzene ring substituents is 1. The number of hydrogen-bond acceptors (Lipinski definition) is 4. The molecule has 0 aromatic heterocycles. The minimum absolute atomic E-state index is 0.0748. The van der Waals surface area contributed by atoms with Gasteiger partial charge in [0.05, 0.1) is 10.5 Å². The monoisotopic (exact) mass is 250 g/mol. The molecule has 0 spiro atoms. The fourth-order valence-corrected chi connectivity index (χ4v) is 2.18. The predicted octanol–water partition coefficient (Wildman–Crippen LogP) is 2.50. The lowest BCUT2D eigenvalue weighted by atomic mass is 9.82. The number of anilines is 1. The van der Waals surface area contributed by atoms with Crippen LogP contribution in [0.25, 0.3) is 0 Å². The van der Waals surface area contributed by atoms with Gasteiger partial charge in [-0.3, -0.25) is 10.1 Å². The molecule has 0 heterocycles. The van der Waals surface area contributed by atoms with Gasteiger partial charge in [-0.05, 0) is 30.9 Å². The highest BCUT2D eigenvalue weighted by molar-refractivity contribution is 5.89. The standard InChI is InChI=1S/C12H14N2O4/c1-7-4-9(5-7)13-10-3-2-8(12(15)16)6-11(10)14(17)18/h2-3,6-7,9,13H,4-5H2,1H3,(H,15,16). The maximum absolute atomic E-state index is 10.9. The first kappa shape index (κ1) is 12.3. The first-order valence-electron chi connectivity index (χ1n) is 5.75. The van der Waals surface area contributed by atoms with Crippen LogP contribution in [-0.4, -0.2) is 22.0 Å². The highest BCUT2D eigenvalue weighted by Gasteiger charge is 2.27. The molecule has 96 valence electrons. The van der Waals surface area contributed by atoms with E-state index in [-0.39, 0.29) is 17.3 Å². The summed E-state index contributed by atoms with van der Waals surface area (Å²) in [7, 11) is 0. The van der Waals surface area contributed by atoms with Crippen LogP contribution < -0.4 is 5.32 Å². The van der Waals surface area contributed by atoms with Crippen molar-refractivity contribution in [2.45, 2.75) is 25.8 Å². The Morgan fingerprint density at radius 2 is 2.17 bits per heavy atom. The third-order valence-corrected chi connectivity index (χ3v) is 3.17. The first-order valence-corrected chi connectivity index (χ1v) is 5.75. The summed E-state index contributed by atoms with van der Waals surface area (Å²) in [6.45, 7) is 2.13. The van der Waals surface area contributed by atoms with Crippen molar-refractivity contribution >= 4 is 17.3 Å². The van der Waals surface area contributed by atoms with E-state index >= 15 is 0 Å². The molecule has 1 fully saturated rings. The van der Waals surface area contributed by atoms with E-state index in [1.54, 1.807) is 0 Å². The number of nitrogens with zero attached hydrogens (tertiary/aromatic N) is 1. The van der Waals surface area contributed by atoms with E-state index in [9.17, 15) is 14.9 Å². The zero-order chi connectivity index (χ0) is 13.3. The number of rotatable bonds is 4. The summed E-state index contributed by atoms with van der Waals surface area (Å²) in [6, 6.07) is 4.17. The quantitative estimate of drug-likeness (QED) is 0.632. The van der Waals surface area contributed by atoms with Crippen LogP contribution in [0.3, 0.4) is 0 Å². The molecule has 1 aliphatic carbocycles. The summed E-state index contributed by atoms with van der Waals surface area (Å²) >= 11 is 0. The largest absolute Gasteiger partial charge is 0.478 e. The highest BCUT2D eigenvalue weighted by Crippen LogP contribution is 2.33. The van der Waals surface area contributed by atoms with Gasteiger partial charge in [0, 0.05) is 12.1 Å². The molecule has 0 amide bonds. The third-order valence-electron chi connectivity index (χ3n) is 3.17. The van der Waals surface area contributed by atoms with Crippen LogP contribution in [0, 0.1) is 16.0 Å². The number of carboxylic acid groups (broad SMARTS) is 1. The predicted molar refractivity (Wildman–Crippen MR) is 65.9 cm³/mol. The average Bonchev–Trinajstić information content (AvgIpc) is 2.26. The van der Waals surface area contributed by atoms with Gasteiger partial charge < -0.3 is 10.4 Å². The van der Waals surface area contributed by atoms with Gasteiger partial charge in [0.25, 0.3) is 5.69 Å². The van der Waals surface area contributed by atoms with Gasteiger partial charge in [-0.1, -0.05) is 6.92 Å². The number of hydrogen-bond donors (Lipinski definition) is 2. The zero-order valence-corrected chi connectivity index (χ0v) is 9.92. The molecule has 1 aliphatic rings. The maximum Gasteiger partial charge on any atom is 0.335 e. The Labute approximate surface area is 104 Å². The van der Waals surface area contributed by atoms with Crippen molar-refractivity contribution in [2.75, 3.05) is 5.32 Å². The van der Waals surface area contributed by atoms with E-state index in [1.807, 2.05) is 0 Å². The molecular weight excluding hydrogens is 236 g/mol. The van der Waals surface area contributed by atoms with Gasteiger partial charge >= 0.3 is 5.97 Å². The molecular formula is C12H14N2O4. The van der Waals surface area contributed by atoms with Crippen molar-refractivity contribution in [3.8, 4) is 0 Å². The topological polar surface area (TPSA) is 92.5 Å². The average molecular weight is 250 g/mol. The SMILES string of the molecule is CC1CC(Nc2ccc(C(=O)O)cc2[N+](=O)[O-])C1. The Hall–Kier alpha value is -2.11. The summed E-state index contributed by atoms with van der Waals surface area (Å²) < 4.78 is 0. The molecule has 1 saturated carbocycles. The summed E-state index contributed by atoms with van der Waals surface area (Å²) in [6.07, 6.45) is 1.97. The van der Waals surface area contributed by atoms with E-state index in [4.69, 9.17) is 5.11 Å². The number of aromatic carboxylic acids is 1. The summed E-state index contributed by atoms with van der Waals surface area (Å²) in [4.78, 5) is 21.1. The molecule has 0 radical (unpaired) electrons. The van der Waals surface area contributed by atoms with Crippen molar-refractivity contribution in [3.05, 3.63) is 33.9 Å². The van der Waals surface area contributed by atoms with Gasteiger partial charge in [0.1, 0.15) is 5.69 Å². The summed E-state index contributed by atoms with van der Waals surface area (Å²) in [5.74, 6) is -0.526. The molecule has 18 heavy (non-hydrogen) atoms. The van der Waals surface area contributed by atoms with E-state index in [0.29, 0.717) is 11.6 Å². The molecule has 0 unspecified atom stereocenters. The number of nitrogens with one attached hydrogen (secondary N) is 1. The number of nitro groups is 1. The van der Waals surface area contributed by atoms with Crippen molar-refractivity contribution in [3.63, 3.8) is 0 Å². The Morgan fingerprint density at radius 1 is 1.50 bits per heavy atom. The normalized spacial score (nSPS) is 22.1. The Kier molecular flexibility index (Phi) is 3.18. The van der Waals surface area contributed by atoms with Gasteiger partial charge in [-0.2, -0.15) is 0 Å². The molecule has 2 rings (SSSR count). The number of carboxylic acids is 1. The van der Waals surface area contributed by atoms with Gasteiger partial charge in [0.15, 0.2) is 0 Å². The van der Waals surface area contributed by atoms with E-state index < -0.39 is 10.9 Å². The van der Waals surface area contributed by atoms with Crippen LogP contribution in [0.1, 0.15) is 30.1 Å². The molecule has 0 aliphatic heterocycles. The molecule has 6 nitrogen and oxygen atoms in total. The van der Waals surface area contributed by atoms with Gasteiger partial charge in [-0.25, -0.2) is 4.79 Å². The molecule has 0 atom stereocenters.